The monoisotopic (exact) mass is 459 g/mol. The molecular weight excluding hydrogens is 443 g/mol. The Morgan fingerprint density at radius 3 is 2.41 bits per heavy atom. The molecule has 1 saturated carbocycles. The number of hydrogen-bond donors (Lipinski definition) is 1. The van der Waals surface area contributed by atoms with E-state index in [0.717, 1.165) is 23.6 Å². The number of carbonyl (C=O) groups excluding carboxylic acids is 2. The summed E-state index contributed by atoms with van der Waals surface area (Å²) in [6, 6.07) is 8.61. The molecule has 164 valence electrons. The lowest BCUT2D eigenvalue weighted by atomic mass is 9.75. The summed E-state index contributed by atoms with van der Waals surface area (Å²) in [4.78, 5) is 31.5. The molecule has 1 aromatic heterocycles. The van der Waals surface area contributed by atoms with E-state index in [1.165, 1.54) is 13.1 Å². The molecule has 32 heavy (non-hydrogen) atoms. The molecule has 1 aliphatic heterocycles. The van der Waals surface area contributed by atoms with Crippen molar-refractivity contribution in [1.29, 1.82) is 5.26 Å². The van der Waals surface area contributed by atoms with Crippen LogP contribution in [0.15, 0.2) is 36.5 Å². The number of thiocarbonyl (C=S) groups is 1. The van der Waals surface area contributed by atoms with Gasteiger partial charge in [-0.1, -0.05) is 0 Å². The predicted molar refractivity (Wildman–Crippen MR) is 113 cm³/mol. The molecule has 2 aliphatic rings. The minimum absolute atomic E-state index is 0.0158. The Morgan fingerprint density at radius 1 is 1.25 bits per heavy atom. The van der Waals surface area contributed by atoms with Crippen LogP contribution in [0.4, 0.5) is 24.5 Å². The number of rotatable bonds is 3. The molecule has 0 bridgehead atoms. The number of alkyl halides is 3. The smallest absolute Gasteiger partial charge is 0.355 e. The summed E-state index contributed by atoms with van der Waals surface area (Å²) >= 11 is 5.54. The number of nitriles is 1. The molecule has 2 amide bonds. The Labute approximate surface area is 186 Å². The molecule has 7 nitrogen and oxygen atoms in total. The highest BCUT2D eigenvalue weighted by Gasteiger charge is 2.59. The van der Waals surface area contributed by atoms with Gasteiger partial charge in [0.05, 0.1) is 17.4 Å². The number of anilines is 2. The highest BCUT2D eigenvalue weighted by molar-refractivity contribution is 7.81. The van der Waals surface area contributed by atoms with E-state index < -0.39 is 28.9 Å². The van der Waals surface area contributed by atoms with Crippen molar-refractivity contribution in [1.82, 2.24) is 10.3 Å². The van der Waals surface area contributed by atoms with E-state index in [-0.39, 0.29) is 16.7 Å². The van der Waals surface area contributed by atoms with E-state index in [0.29, 0.717) is 24.1 Å². The van der Waals surface area contributed by atoms with Gasteiger partial charge in [-0.25, -0.2) is 4.98 Å². The molecule has 0 radical (unpaired) electrons. The van der Waals surface area contributed by atoms with Crippen molar-refractivity contribution in [2.24, 2.45) is 0 Å². The number of benzene rings is 1. The second kappa shape index (κ2) is 7.56. The van der Waals surface area contributed by atoms with Crippen molar-refractivity contribution in [3.8, 4) is 6.07 Å². The highest BCUT2D eigenvalue weighted by atomic mass is 32.1. The fourth-order valence-corrected chi connectivity index (χ4v) is 4.46. The molecular formula is C21H16F3N5O2S. The molecule has 1 aliphatic carbocycles. The topological polar surface area (TPSA) is 89.3 Å². The van der Waals surface area contributed by atoms with Crippen molar-refractivity contribution in [3.63, 3.8) is 0 Å². The Hall–Kier alpha value is -3.52. The van der Waals surface area contributed by atoms with Gasteiger partial charge in [-0.05, 0) is 61.8 Å². The van der Waals surface area contributed by atoms with Crippen molar-refractivity contribution < 1.29 is 22.8 Å². The average Bonchev–Trinajstić information content (AvgIpc) is 2.99. The lowest BCUT2D eigenvalue weighted by Crippen LogP contribution is -2.55. The van der Waals surface area contributed by atoms with E-state index in [4.69, 9.17) is 17.5 Å². The lowest BCUT2D eigenvalue weighted by molar-refractivity contribution is -0.138. The van der Waals surface area contributed by atoms with Crippen molar-refractivity contribution in [2.45, 2.75) is 31.0 Å². The van der Waals surface area contributed by atoms with Gasteiger partial charge in [0.25, 0.3) is 11.8 Å². The van der Waals surface area contributed by atoms with Gasteiger partial charge in [0, 0.05) is 18.3 Å². The molecule has 2 fully saturated rings. The number of halogens is 3. The Bertz CT molecular complexity index is 1170. The molecule has 1 spiro atoms. The largest absolute Gasteiger partial charge is 0.419 e. The first-order chi connectivity index (χ1) is 15.1. The van der Waals surface area contributed by atoms with Crippen LogP contribution in [-0.2, 0) is 11.0 Å². The van der Waals surface area contributed by atoms with Gasteiger partial charge in [-0.2, -0.15) is 18.4 Å². The molecule has 2 heterocycles. The first kappa shape index (κ1) is 21.7. The molecule has 1 aromatic carbocycles. The van der Waals surface area contributed by atoms with Crippen LogP contribution < -0.4 is 15.1 Å². The summed E-state index contributed by atoms with van der Waals surface area (Å²) in [5.74, 6) is -0.719. The lowest BCUT2D eigenvalue weighted by Gasteiger charge is -2.43. The molecule has 11 heteroatoms. The van der Waals surface area contributed by atoms with Crippen molar-refractivity contribution in [2.75, 3.05) is 16.8 Å². The Kier molecular flexibility index (Phi) is 5.13. The van der Waals surface area contributed by atoms with E-state index in [1.54, 1.807) is 29.2 Å². The van der Waals surface area contributed by atoms with Crippen LogP contribution in [0.1, 0.15) is 40.9 Å². The van der Waals surface area contributed by atoms with E-state index in [9.17, 15) is 22.8 Å². The SMILES string of the molecule is CNC(=O)c1ccc(N2C(=S)N(c3cnc(C#N)c(C(F)(F)F)c3)C(=O)C23CCC3)cc1. The van der Waals surface area contributed by atoms with Gasteiger partial charge in [-0.3, -0.25) is 14.5 Å². The maximum atomic E-state index is 13.4. The molecule has 0 unspecified atom stereocenters. The maximum Gasteiger partial charge on any atom is 0.419 e. The van der Waals surface area contributed by atoms with Crippen LogP contribution in [0.5, 0.6) is 0 Å². The minimum atomic E-state index is -4.82. The maximum absolute atomic E-state index is 13.4. The van der Waals surface area contributed by atoms with E-state index in [1.807, 2.05) is 0 Å². The van der Waals surface area contributed by atoms with Crippen molar-refractivity contribution in [3.05, 3.63) is 53.3 Å². The zero-order valence-electron chi connectivity index (χ0n) is 16.7. The first-order valence-corrected chi connectivity index (χ1v) is 10.0. The second-order valence-corrected chi connectivity index (χ2v) is 7.83. The highest BCUT2D eigenvalue weighted by Crippen LogP contribution is 2.48. The summed E-state index contributed by atoms with van der Waals surface area (Å²) in [5, 5.41) is 11.5. The number of carbonyl (C=O) groups is 2. The summed E-state index contributed by atoms with van der Waals surface area (Å²) in [7, 11) is 1.51. The van der Waals surface area contributed by atoms with Gasteiger partial charge in [0.1, 0.15) is 11.6 Å². The summed E-state index contributed by atoms with van der Waals surface area (Å²) < 4.78 is 40.3. The normalized spacial score (nSPS) is 17.3. The number of nitrogens with zero attached hydrogens (tertiary/aromatic N) is 4. The predicted octanol–water partition coefficient (Wildman–Crippen LogP) is 3.39. The van der Waals surface area contributed by atoms with Crippen LogP contribution in [0.3, 0.4) is 0 Å². The number of pyridine rings is 1. The Morgan fingerprint density at radius 2 is 1.91 bits per heavy atom. The zero-order chi connectivity index (χ0) is 23.3. The minimum Gasteiger partial charge on any atom is -0.355 e. The van der Waals surface area contributed by atoms with E-state index in [2.05, 4.69) is 10.3 Å². The molecule has 4 rings (SSSR count). The standard InChI is InChI=1S/C21H16F3N5O2S/c1-26-17(30)12-3-5-13(6-4-12)29-19(32)28(18(31)20(29)7-2-8-20)14-9-15(21(22,23)24)16(10-25)27-11-14/h3-6,9,11H,2,7-8H2,1H3,(H,26,30). The number of hydrogen-bond acceptors (Lipinski definition) is 5. The van der Waals surface area contributed by atoms with Crippen LogP contribution in [0.2, 0.25) is 0 Å². The van der Waals surface area contributed by atoms with Gasteiger partial charge < -0.3 is 10.2 Å². The first-order valence-electron chi connectivity index (χ1n) is 9.62. The molecule has 1 N–H and O–H groups in total. The van der Waals surface area contributed by atoms with Crippen molar-refractivity contribution >= 4 is 40.5 Å². The third-order valence-corrected chi connectivity index (χ3v) is 6.12. The summed E-state index contributed by atoms with van der Waals surface area (Å²) in [6.45, 7) is 0. The molecule has 2 aromatic rings. The number of aromatic nitrogens is 1. The third-order valence-electron chi connectivity index (χ3n) is 5.75. The van der Waals surface area contributed by atoms with Crippen LogP contribution in [0.25, 0.3) is 0 Å². The molecule has 0 atom stereocenters. The number of amides is 2. The van der Waals surface area contributed by atoms with Gasteiger partial charge in [-0.15, -0.1) is 0 Å². The van der Waals surface area contributed by atoms with Gasteiger partial charge in [0.15, 0.2) is 10.8 Å². The van der Waals surface area contributed by atoms with Gasteiger partial charge in [0.2, 0.25) is 0 Å². The molecule has 1 saturated heterocycles. The number of nitrogens with one attached hydrogen (secondary N) is 1. The fourth-order valence-electron chi connectivity index (χ4n) is 4.00. The third kappa shape index (κ3) is 3.18. The zero-order valence-corrected chi connectivity index (χ0v) is 17.5. The Balaban J connectivity index is 1.77. The summed E-state index contributed by atoms with van der Waals surface area (Å²) in [6.07, 6.45) is -2.05. The van der Waals surface area contributed by atoms with Crippen LogP contribution >= 0.6 is 12.2 Å². The van der Waals surface area contributed by atoms with E-state index >= 15 is 0 Å². The second-order valence-electron chi connectivity index (χ2n) is 7.47. The van der Waals surface area contributed by atoms with Gasteiger partial charge >= 0.3 is 6.18 Å². The quantitative estimate of drug-likeness (QED) is 0.708. The summed E-state index contributed by atoms with van der Waals surface area (Å²) in [5.41, 5.74) is -2.20. The van der Waals surface area contributed by atoms with Crippen LogP contribution in [-0.4, -0.2) is 34.5 Å². The van der Waals surface area contributed by atoms with Crippen LogP contribution in [0, 0.1) is 11.3 Å². The fraction of sp³-hybridized carbons (Fsp3) is 0.286. The average molecular weight is 459 g/mol.